The van der Waals surface area contributed by atoms with Gasteiger partial charge in [0.25, 0.3) is 0 Å². The molecule has 2 rings (SSSR count). The second-order valence-corrected chi connectivity index (χ2v) is 5.60. The quantitative estimate of drug-likeness (QED) is 0.736. The van der Waals surface area contributed by atoms with Crippen LogP contribution >= 0.6 is 15.9 Å². The molecule has 1 aliphatic rings. The van der Waals surface area contributed by atoms with Crippen LogP contribution in [-0.2, 0) is 11.3 Å². The Balaban J connectivity index is 1.74. The SMILES string of the molecule is CCCCOCCNCc1cc(Br)c2c(c1)OCCO2. The van der Waals surface area contributed by atoms with Crippen LogP contribution in [0.2, 0.25) is 0 Å². The standard InChI is InChI=1S/C15H22BrNO3/c1-2-3-5-18-6-4-17-11-12-9-13(16)15-14(10-12)19-7-8-20-15/h9-10,17H,2-8,11H2,1H3. The highest BCUT2D eigenvalue weighted by Gasteiger charge is 2.15. The molecule has 0 aliphatic carbocycles. The monoisotopic (exact) mass is 343 g/mol. The number of ether oxygens (including phenoxy) is 3. The minimum atomic E-state index is 0.609. The highest BCUT2D eigenvalue weighted by Crippen LogP contribution is 2.38. The molecular weight excluding hydrogens is 322 g/mol. The molecule has 20 heavy (non-hydrogen) atoms. The molecule has 0 atom stereocenters. The van der Waals surface area contributed by atoms with E-state index in [9.17, 15) is 0 Å². The van der Waals surface area contributed by atoms with Crippen LogP contribution in [0.4, 0.5) is 0 Å². The van der Waals surface area contributed by atoms with Gasteiger partial charge in [0.05, 0.1) is 11.1 Å². The molecule has 1 aromatic rings. The molecule has 0 saturated heterocycles. The van der Waals surface area contributed by atoms with Crippen LogP contribution in [-0.4, -0.2) is 33.0 Å². The van der Waals surface area contributed by atoms with Crippen molar-refractivity contribution >= 4 is 15.9 Å². The summed E-state index contributed by atoms with van der Waals surface area (Å²) in [5.41, 5.74) is 1.18. The van der Waals surface area contributed by atoms with E-state index in [2.05, 4.69) is 34.2 Å². The lowest BCUT2D eigenvalue weighted by Gasteiger charge is -2.20. The molecule has 1 aliphatic heterocycles. The highest BCUT2D eigenvalue weighted by molar-refractivity contribution is 9.10. The lowest BCUT2D eigenvalue weighted by atomic mass is 10.2. The fourth-order valence-corrected chi connectivity index (χ4v) is 2.60. The molecule has 4 nitrogen and oxygen atoms in total. The molecule has 0 aromatic heterocycles. The van der Waals surface area contributed by atoms with E-state index in [-0.39, 0.29) is 0 Å². The zero-order valence-corrected chi connectivity index (χ0v) is 13.5. The van der Waals surface area contributed by atoms with Crippen LogP contribution in [0.25, 0.3) is 0 Å². The number of hydrogen-bond acceptors (Lipinski definition) is 4. The normalized spacial score (nSPS) is 13.5. The lowest BCUT2D eigenvalue weighted by molar-refractivity contribution is 0.133. The van der Waals surface area contributed by atoms with Gasteiger partial charge in [-0.2, -0.15) is 0 Å². The third kappa shape index (κ3) is 4.65. The Morgan fingerprint density at radius 2 is 2.10 bits per heavy atom. The maximum absolute atomic E-state index is 5.61. The highest BCUT2D eigenvalue weighted by atomic mass is 79.9. The van der Waals surface area contributed by atoms with Gasteiger partial charge in [-0.15, -0.1) is 0 Å². The summed E-state index contributed by atoms with van der Waals surface area (Å²) in [6.45, 7) is 6.66. The van der Waals surface area contributed by atoms with Gasteiger partial charge in [0.2, 0.25) is 0 Å². The van der Waals surface area contributed by atoms with Crippen molar-refractivity contribution in [2.75, 3.05) is 33.0 Å². The molecule has 1 aromatic carbocycles. The van der Waals surface area contributed by atoms with Gasteiger partial charge in [0.15, 0.2) is 11.5 Å². The number of benzene rings is 1. The van der Waals surface area contributed by atoms with Gasteiger partial charge >= 0.3 is 0 Å². The van der Waals surface area contributed by atoms with E-state index >= 15 is 0 Å². The summed E-state index contributed by atoms with van der Waals surface area (Å²) in [6, 6.07) is 4.10. The number of rotatable bonds is 8. The number of hydrogen-bond donors (Lipinski definition) is 1. The Morgan fingerprint density at radius 1 is 1.25 bits per heavy atom. The molecule has 112 valence electrons. The van der Waals surface area contributed by atoms with Crippen LogP contribution in [0.1, 0.15) is 25.3 Å². The van der Waals surface area contributed by atoms with E-state index in [1.807, 2.05) is 6.07 Å². The first kappa shape index (κ1) is 15.6. The molecular formula is C15H22BrNO3. The van der Waals surface area contributed by atoms with Gasteiger partial charge in [-0.25, -0.2) is 0 Å². The molecule has 0 spiro atoms. The van der Waals surface area contributed by atoms with Gasteiger partial charge in [-0.3, -0.25) is 0 Å². The maximum Gasteiger partial charge on any atom is 0.175 e. The second-order valence-electron chi connectivity index (χ2n) is 4.74. The fourth-order valence-electron chi connectivity index (χ4n) is 1.99. The molecule has 0 fully saturated rings. The van der Waals surface area contributed by atoms with E-state index in [0.717, 1.165) is 48.7 Å². The van der Waals surface area contributed by atoms with Crippen molar-refractivity contribution in [1.29, 1.82) is 0 Å². The predicted molar refractivity (Wildman–Crippen MR) is 82.6 cm³/mol. The van der Waals surface area contributed by atoms with E-state index in [0.29, 0.717) is 13.2 Å². The predicted octanol–water partition coefficient (Wildman–Crippen LogP) is 3.13. The van der Waals surface area contributed by atoms with Crippen molar-refractivity contribution in [1.82, 2.24) is 5.32 Å². The van der Waals surface area contributed by atoms with E-state index in [1.54, 1.807) is 0 Å². The molecule has 0 unspecified atom stereocenters. The van der Waals surface area contributed by atoms with Crippen molar-refractivity contribution in [2.24, 2.45) is 0 Å². The van der Waals surface area contributed by atoms with Crippen molar-refractivity contribution < 1.29 is 14.2 Å². The summed E-state index contributed by atoms with van der Waals surface area (Å²) in [4.78, 5) is 0. The van der Waals surface area contributed by atoms with Gasteiger partial charge in [-0.05, 0) is 40.0 Å². The van der Waals surface area contributed by atoms with Gasteiger partial charge in [0.1, 0.15) is 13.2 Å². The Kier molecular flexibility index (Phi) is 6.63. The number of halogens is 1. The maximum atomic E-state index is 5.61. The second kappa shape index (κ2) is 8.49. The van der Waals surface area contributed by atoms with Gasteiger partial charge in [0, 0.05) is 19.7 Å². The largest absolute Gasteiger partial charge is 0.486 e. The number of unbranched alkanes of at least 4 members (excludes halogenated alkanes) is 1. The average Bonchev–Trinajstić information content (AvgIpc) is 2.46. The molecule has 1 heterocycles. The van der Waals surface area contributed by atoms with Gasteiger partial charge < -0.3 is 19.5 Å². The van der Waals surface area contributed by atoms with Crippen molar-refractivity contribution in [3.05, 3.63) is 22.2 Å². The summed E-state index contributed by atoms with van der Waals surface area (Å²) in [6.07, 6.45) is 2.31. The zero-order chi connectivity index (χ0) is 14.2. The van der Waals surface area contributed by atoms with E-state index < -0.39 is 0 Å². The molecule has 1 N–H and O–H groups in total. The third-order valence-corrected chi connectivity index (χ3v) is 3.64. The Labute approximate surface area is 128 Å². The molecule has 0 radical (unpaired) electrons. The van der Waals surface area contributed by atoms with Crippen LogP contribution in [0.5, 0.6) is 11.5 Å². The molecule has 0 amide bonds. The third-order valence-electron chi connectivity index (χ3n) is 3.05. The fraction of sp³-hybridized carbons (Fsp3) is 0.600. The summed E-state index contributed by atoms with van der Waals surface area (Å²) in [5.74, 6) is 1.63. The minimum Gasteiger partial charge on any atom is -0.486 e. The summed E-state index contributed by atoms with van der Waals surface area (Å²) < 4.78 is 17.6. The minimum absolute atomic E-state index is 0.609. The summed E-state index contributed by atoms with van der Waals surface area (Å²) in [5, 5.41) is 3.37. The topological polar surface area (TPSA) is 39.7 Å². The molecule has 0 bridgehead atoms. The van der Waals surface area contributed by atoms with Gasteiger partial charge in [-0.1, -0.05) is 13.3 Å². The van der Waals surface area contributed by atoms with Crippen LogP contribution < -0.4 is 14.8 Å². The smallest absolute Gasteiger partial charge is 0.175 e. The van der Waals surface area contributed by atoms with E-state index in [1.165, 1.54) is 12.0 Å². The number of fused-ring (bicyclic) bond motifs is 1. The van der Waals surface area contributed by atoms with E-state index in [4.69, 9.17) is 14.2 Å². The number of nitrogens with one attached hydrogen (secondary N) is 1. The van der Waals surface area contributed by atoms with Crippen molar-refractivity contribution in [2.45, 2.75) is 26.3 Å². The van der Waals surface area contributed by atoms with Crippen LogP contribution in [0, 0.1) is 0 Å². The average molecular weight is 344 g/mol. The Hall–Kier alpha value is -0.780. The van der Waals surface area contributed by atoms with Crippen LogP contribution in [0.15, 0.2) is 16.6 Å². The molecule has 0 saturated carbocycles. The Bertz CT molecular complexity index is 426. The van der Waals surface area contributed by atoms with Crippen molar-refractivity contribution in [3.8, 4) is 11.5 Å². The first-order chi connectivity index (χ1) is 9.81. The summed E-state index contributed by atoms with van der Waals surface area (Å²) >= 11 is 3.53. The Morgan fingerprint density at radius 3 is 2.95 bits per heavy atom. The zero-order valence-electron chi connectivity index (χ0n) is 11.9. The lowest BCUT2D eigenvalue weighted by Crippen LogP contribution is -2.20. The summed E-state index contributed by atoms with van der Waals surface area (Å²) in [7, 11) is 0. The molecule has 5 heteroatoms. The van der Waals surface area contributed by atoms with Crippen LogP contribution in [0.3, 0.4) is 0 Å². The first-order valence-corrected chi connectivity index (χ1v) is 7.97. The first-order valence-electron chi connectivity index (χ1n) is 7.17. The van der Waals surface area contributed by atoms with Crippen molar-refractivity contribution in [3.63, 3.8) is 0 Å².